The number of methoxy groups -OCH3 is 1. The van der Waals surface area contributed by atoms with Crippen LogP contribution >= 0.6 is 15.9 Å². The van der Waals surface area contributed by atoms with Gasteiger partial charge in [0.25, 0.3) is 11.6 Å². The van der Waals surface area contributed by atoms with Gasteiger partial charge in [-0.05, 0) is 30.3 Å². The van der Waals surface area contributed by atoms with Crippen molar-refractivity contribution in [2.45, 2.75) is 6.18 Å². The van der Waals surface area contributed by atoms with Gasteiger partial charge >= 0.3 is 6.18 Å². The molecule has 0 aliphatic heterocycles. The van der Waals surface area contributed by atoms with Gasteiger partial charge in [0, 0.05) is 22.2 Å². The van der Waals surface area contributed by atoms with E-state index >= 15 is 0 Å². The molecule has 0 saturated carbocycles. The molecular weight excluding hydrogens is 459 g/mol. The Bertz CT molecular complexity index is 1050. The summed E-state index contributed by atoms with van der Waals surface area (Å²) in [6, 6.07) is 8.28. The summed E-state index contributed by atoms with van der Waals surface area (Å²) in [5.41, 5.74) is -3.06. The quantitative estimate of drug-likeness (QED) is 0.289. The highest BCUT2D eigenvalue weighted by atomic mass is 79.9. The van der Waals surface area contributed by atoms with Crippen LogP contribution in [0.3, 0.4) is 0 Å². The number of halogens is 4. The van der Waals surface area contributed by atoms with Crippen molar-refractivity contribution in [3.05, 3.63) is 67.7 Å². The predicted molar refractivity (Wildman–Crippen MR) is 101 cm³/mol. The van der Waals surface area contributed by atoms with E-state index in [0.717, 1.165) is 18.2 Å². The maximum atomic E-state index is 13.2. The lowest BCUT2D eigenvalue weighted by atomic mass is 10.1. The predicted octanol–water partition coefficient (Wildman–Crippen LogP) is 4.93. The van der Waals surface area contributed by atoms with Crippen LogP contribution in [-0.2, 0) is 11.0 Å². The number of non-ortho nitro benzene ring substituents is 1. The van der Waals surface area contributed by atoms with Crippen molar-refractivity contribution in [2.75, 3.05) is 12.4 Å². The molecule has 2 rings (SSSR count). The Balaban J connectivity index is 2.44. The van der Waals surface area contributed by atoms with Gasteiger partial charge in [-0.1, -0.05) is 15.9 Å². The number of hydrogen-bond acceptors (Lipinski definition) is 5. The summed E-state index contributed by atoms with van der Waals surface area (Å²) in [6.07, 6.45) is -3.81. The Labute approximate surface area is 170 Å². The Hall–Kier alpha value is -3.39. The fourth-order valence-corrected chi connectivity index (χ4v) is 2.68. The smallest absolute Gasteiger partial charge is 0.418 e. The molecule has 0 aliphatic rings. The first-order valence-corrected chi connectivity index (χ1v) is 8.48. The van der Waals surface area contributed by atoms with Crippen LogP contribution in [0.15, 0.2) is 46.4 Å². The van der Waals surface area contributed by atoms with Gasteiger partial charge in [-0.2, -0.15) is 18.4 Å². The molecule has 0 aliphatic carbocycles. The lowest BCUT2D eigenvalue weighted by Crippen LogP contribution is -2.18. The molecule has 2 aromatic rings. The number of nitro groups is 1. The summed E-state index contributed by atoms with van der Waals surface area (Å²) in [5, 5.41) is 22.0. The minimum atomic E-state index is -4.96. The topological polar surface area (TPSA) is 105 Å². The summed E-state index contributed by atoms with van der Waals surface area (Å²) in [6.45, 7) is 0. The van der Waals surface area contributed by atoms with Crippen LogP contribution in [0.2, 0.25) is 0 Å². The number of amides is 1. The third-order valence-electron chi connectivity index (χ3n) is 3.62. The van der Waals surface area contributed by atoms with Crippen LogP contribution in [0, 0.1) is 21.4 Å². The number of hydrogen-bond donors (Lipinski definition) is 1. The van der Waals surface area contributed by atoms with Gasteiger partial charge in [0.2, 0.25) is 0 Å². The average molecular weight is 470 g/mol. The van der Waals surface area contributed by atoms with Crippen LogP contribution in [0.5, 0.6) is 5.75 Å². The lowest BCUT2D eigenvalue weighted by Gasteiger charge is -2.13. The third kappa shape index (κ3) is 5.32. The van der Waals surface area contributed by atoms with Gasteiger partial charge in [-0.25, -0.2) is 0 Å². The number of nitriles is 1. The van der Waals surface area contributed by atoms with Crippen molar-refractivity contribution in [3.63, 3.8) is 0 Å². The van der Waals surface area contributed by atoms with Gasteiger partial charge in [0.15, 0.2) is 0 Å². The van der Waals surface area contributed by atoms with Gasteiger partial charge < -0.3 is 10.1 Å². The van der Waals surface area contributed by atoms with Gasteiger partial charge in [-0.3, -0.25) is 14.9 Å². The SMILES string of the molecule is COc1ccc(Br)cc1C=C(C#N)C(=O)Nc1ccc([N+](=O)[O-])cc1C(F)(F)F. The lowest BCUT2D eigenvalue weighted by molar-refractivity contribution is -0.385. The zero-order valence-electron chi connectivity index (χ0n) is 14.6. The summed E-state index contributed by atoms with van der Waals surface area (Å²) < 4.78 is 45.5. The summed E-state index contributed by atoms with van der Waals surface area (Å²) >= 11 is 3.23. The first-order valence-electron chi connectivity index (χ1n) is 7.69. The zero-order chi connectivity index (χ0) is 21.8. The summed E-state index contributed by atoms with van der Waals surface area (Å²) in [5.74, 6) is -0.783. The van der Waals surface area contributed by atoms with E-state index in [1.807, 2.05) is 5.32 Å². The van der Waals surface area contributed by atoms with E-state index in [1.54, 1.807) is 24.3 Å². The molecule has 0 heterocycles. The fourth-order valence-electron chi connectivity index (χ4n) is 2.30. The molecule has 0 spiro atoms. The van der Waals surface area contributed by atoms with Crippen molar-refractivity contribution < 1.29 is 27.6 Å². The van der Waals surface area contributed by atoms with E-state index < -0.39 is 39.5 Å². The monoisotopic (exact) mass is 469 g/mol. The molecule has 0 saturated heterocycles. The molecular formula is C18H11BrF3N3O4. The summed E-state index contributed by atoms with van der Waals surface area (Å²) in [4.78, 5) is 22.1. The number of alkyl halides is 3. The number of rotatable bonds is 5. The van der Waals surface area contributed by atoms with Crippen molar-refractivity contribution in [1.82, 2.24) is 0 Å². The van der Waals surface area contributed by atoms with Crippen LogP contribution in [0.4, 0.5) is 24.5 Å². The van der Waals surface area contributed by atoms with E-state index in [1.165, 1.54) is 7.11 Å². The van der Waals surface area contributed by atoms with Crippen LogP contribution in [0.25, 0.3) is 6.08 Å². The van der Waals surface area contributed by atoms with E-state index in [4.69, 9.17) is 4.74 Å². The molecule has 2 aromatic carbocycles. The first kappa shape index (κ1) is 21.9. The third-order valence-corrected chi connectivity index (χ3v) is 4.12. The number of nitro benzene ring substituents is 1. The molecule has 0 radical (unpaired) electrons. The first-order chi connectivity index (χ1) is 13.6. The minimum absolute atomic E-state index is 0.308. The van der Waals surface area contributed by atoms with Crippen LogP contribution in [0.1, 0.15) is 11.1 Å². The number of carbonyl (C=O) groups excluding carboxylic acids is 1. The number of benzene rings is 2. The number of nitrogens with one attached hydrogen (secondary N) is 1. The van der Waals surface area contributed by atoms with Gasteiger partial charge in [-0.15, -0.1) is 0 Å². The molecule has 0 bridgehead atoms. The molecule has 0 unspecified atom stereocenters. The van der Waals surface area contributed by atoms with E-state index in [0.29, 0.717) is 21.9 Å². The molecule has 0 fully saturated rings. The van der Waals surface area contributed by atoms with Crippen molar-refractivity contribution >= 4 is 39.3 Å². The second kappa shape index (κ2) is 8.74. The fraction of sp³-hybridized carbons (Fsp3) is 0.111. The molecule has 0 aromatic heterocycles. The molecule has 11 heteroatoms. The molecule has 1 amide bonds. The molecule has 0 atom stereocenters. The number of anilines is 1. The van der Waals surface area contributed by atoms with Crippen LogP contribution < -0.4 is 10.1 Å². The summed E-state index contributed by atoms with van der Waals surface area (Å²) in [7, 11) is 1.37. The van der Waals surface area contributed by atoms with E-state index in [9.17, 15) is 33.3 Å². The number of carbonyl (C=O) groups is 1. The minimum Gasteiger partial charge on any atom is -0.496 e. The second-order valence-electron chi connectivity index (χ2n) is 5.49. The standard InChI is InChI=1S/C18H11BrF3N3O4/c1-29-16-5-2-12(19)7-10(16)6-11(9-23)17(26)24-15-4-3-13(25(27)28)8-14(15)18(20,21)22/h2-8H,1H3,(H,24,26). The molecule has 1 N–H and O–H groups in total. The Morgan fingerprint density at radius 1 is 1.31 bits per heavy atom. The van der Waals surface area contributed by atoms with Crippen LogP contribution in [-0.4, -0.2) is 17.9 Å². The largest absolute Gasteiger partial charge is 0.496 e. The zero-order valence-corrected chi connectivity index (χ0v) is 16.2. The molecule has 29 heavy (non-hydrogen) atoms. The Morgan fingerprint density at radius 2 is 2.00 bits per heavy atom. The van der Waals surface area contributed by atoms with Gasteiger partial charge in [0.1, 0.15) is 17.4 Å². The Morgan fingerprint density at radius 3 is 2.55 bits per heavy atom. The second-order valence-corrected chi connectivity index (χ2v) is 6.41. The Kier molecular flexibility index (Phi) is 6.60. The van der Waals surface area contributed by atoms with Crippen molar-refractivity contribution in [1.29, 1.82) is 5.26 Å². The molecule has 150 valence electrons. The number of ether oxygens (including phenoxy) is 1. The normalized spacial score (nSPS) is 11.5. The maximum Gasteiger partial charge on any atom is 0.418 e. The van der Waals surface area contributed by atoms with E-state index in [-0.39, 0.29) is 0 Å². The molecule has 7 nitrogen and oxygen atoms in total. The van der Waals surface area contributed by atoms with Crippen molar-refractivity contribution in [2.24, 2.45) is 0 Å². The number of nitrogens with zero attached hydrogens (tertiary/aromatic N) is 2. The highest BCUT2D eigenvalue weighted by molar-refractivity contribution is 9.10. The van der Waals surface area contributed by atoms with Crippen molar-refractivity contribution in [3.8, 4) is 11.8 Å². The average Bonchev–Trinajstić information content (AvgIpc) is 2.65. The highest BCUT2D eigenvalue weighted by Crippen LogP contribution is 2.37. The van der Waals surface area contributed by atoms with E-state index in [2.05, 4.69) is 15.9 Å². The maximum absolute atomic E-state index is 13.2. The highest BCUT2D eigenvalue weighted by Gasteiger charge is 2.35. The van der Waals surface area contributed by atoms with Gasteiger partial charge in [0.05, 0.1) is 23.3 Å².